The average Bonchev–Trinajstić information content (AvgIpc) is 2.28. The highest BCUT2D eigenvalue weighted by Crippen LogP contribution is 2.19. The number of anilines is 1. The number of halogens is 1. The lowest BCUT2D eigenvalue weighted by molar-refractivity contribution is 0.0436. The summed E-state index contributed by atoms with van der Waals surface area (Å²) in [5.74, 6) is -0.672. The van der Waals surface area contributed by atoms with Crippen molar-refractivity contribution in [3.8, 4) is 0 Å². The highest BCUT2D eigenvalue weighted by molar-refractivity contribution is 7.89. The molecule has 0 radical (unpaired) electrons. The zero-order chi connectivity index (χ0) is 15.6. The van der Waals surface area contributed by atoms with Crippen molar-refractivity contribution in [2.75, 3.05) is 12.3 Å². The summed E-state index contributed by atoms with van der Waals surface area (Å²) < 4.78 is 39.8. The SMILES string of the molecule is CC(C)CC(C)(O)CNS(=O)(=O)c1cc(N)ccc1F. The molecule has 1 atom stereocenters. The highest BCUT2D eigenvalue weighted by Gasteiger charge is 2.26. The van der Waals surface area contributed by atoms with Crippen LogP contribution in [0.5, 0.6) is 0 Å². The molecule has 1 rings (SSSR count). The molecular formula is C13H21FN2O3S. The largest absolute Gasteiger partial charge is 0.399 e. The van der Waals surface area contributed by atoms with E-state index in [2.05, 4.69) is 4.72 Å². The van der Waals surface area contributed by atoms with Gasteiger partial charge >= 0.3 is 0 Å². The minimum atomic E-state index is -4.05. The van der Waals surface area contributed by atoms with Crippen LogP contribution in [-0.4, -0.2) is 25.7 Å². The van der Waals surface area contributed by atoms with Crippen molar-refractivity contribution in [2.45, 2.75) is 37.7 Å². The Morgan fingerprint density at radius 3 is 2.60 bits per heavy atom. The molecule has 0 fully saturated rings. The van der Waals surface area contributed by atoms with Crippen LogP contribution in [0.1, 0.15) is 27.2 Å². The molecule has 0 saturated carbocycles. The first kappa shape index (κ1) is 16.9. The molecule has 0 aromatic heterocycles. The zero-order valence-corrected chi connectivity index (χ0v) is 12.7. The number of hydrogen-bond acceptors (Lipinski definition) is 4. The Morgan fingerprint density at radius 2 is 2.05 bits per heavy atom. The number of sulfonamides is 1. The minimum absolute atomic E-state index is 0.153. The summed E-state index contributed by atoms with van der Waals surface area (Å²) in [5.41, 5.74) is 4.42. The lowest BCUT2D eigenvalue weighted by atomic mass is 9.95. The molecule has 0 aliphatic heterocycles. The van der Waals surface area contributed by atoms with Crippen LogP contribution in [-0.2, 0) is 10.0 Å². The van der Waals surface area contributed by atoms with E-state index in [1.165, 1.54) is 13.0 Å². The lowest BCUT2D eigenvalue weighted by Gasteiger charge is -2.25. The van der Waals surface area contributed by atoms with Gasteiger partial charge in [0.25, 0.3) is 0 Å². The lowest BCUT2D eigenvalue weighted by Crippen LogP contribution is -2.41. The molecule has 0 heterocycles. The van der Waals surface area contributed by atoms with Gasteiger partial charge < -0.3 is 10.8 Å². The molecule has 5 nitrogen and oxygen atoms in total. The third-order valence-electron chi connectivity index (χ3n) is 2.74. The monoisotopic (exact) mass is 304 g/mol. The van der Waals surface area contributed by atoms with Gasteiger partial charge in [0.05, 0.1) is 5.60 Å². The summed E-state index contributed by atoms with van der Waals surface area (Å²) in [6.07, 6.45) is 0.426. The predicted octanol–water partition coefficient (Wildman–Crippen LogP) is 1.48. The smallest absolute Gasteiger partial charge is 0.243 e. The van der Waals surface area contributed by atoms with E-state index in [1.807, 2.05) is 13.8 Å². The van der Waals surface area contributed by atoms with Gasteiger partial charge in [-0.2, -0.15) is 0 Å². The van der Waals surface area contributed by atoms with Crippen molar-refractivity contribution in [1.82, 2.24) is 4.72 Å². The second-order valence-electron chi connectivity index (χ2n) is 5.61. The molecule has 1 aromatic rings. The van der Waals surface area contributed by atoms with E-state index in [0.717, 1.165) is 12.1 Å². The topological polar surface area (TPSA) is 92.4 Å². The molecule has 0 spiro atoms. The maximum absolute atomic E-state index is 13.6. The van der Waals surface area contributed by atoms with Gasteiger partial charge in [0.15, 0.2) is 0 Å². The van der Waals surface area contributed by atoms with Crippen LogP contribution < -0.4 is 10.5 Å². The van der Waals surface area contributed by atoms with Gasteiger partial charge in [0.1, 0.15) is 10.7 Å². The van der Waals surface area contributed by atoms with Crippen LogP contribution >= 0.6 is 0 Å². The molecule has 4 N–H and O–H groups in total. The third-order valence-corrected chi connectivity index (χ3v) is 4.15. The van der Waals surface area contributed by atoms with Crippen molar-refractivity contribution in [1.29, 1.82) is 0 Å². The summed E-state index contributed by atoms with van der Waals surface area (Å²) in [4.78, 5) is -0.516. The maximum atomic E-state index is 13.6. The van der Waals surface area contributed by atoms with Crippen LogP contribution in [0.15, 0.2) is 23.1 Å². The quantitative estimate of drug-likeness (QED) is 0.694. The standard InChI is InChI=1S/C13H21FN2O3S/c1-9(2)7-13(3,17)8-16-20(18,19)12-6-10(15)4-5-11(12)14/h4-6,9,16-17H,7-8,15H2,1-3H3. The van der Waals surface area contributed by atoms with E-state index < -0.39 is 26.3 Å². The summed E-state index contributed by atoms with van der Waals surface area (Å²) in [6, 6.07) is 3.33. The Bertz CT molecular complexity index is 571. The maximum Gasteiger partial charge on any atom is 0.243 e. The van der Waals surface area contributed by atoms with E-state index in [1.54, 1.807) is 0 Å². The Hall–Kier alpha value is -1.18. The van der Waals surface area contributed by atoms with Crippen LogP contribution in [0.25, 0.3) is 0 Å². The number of hydrogen-bond donors (Lipinski definition) is 3. The van der Waals surface area contributed by atoms with Crippen molar-refractivity contribution >= 4 is 15.7 Å². The van der Waals surface area contributed by atoms with E-state index in [4.69, 9.17) is 5.73 Å². The van der Waals surface area contributed by atoms with Gasteiger partial charge in [0, 0.05) is 12.2 Å². The molecule has 20 heavy (non-hydrogen) atoms. The van der Waals surface area contributed by atoms with Crippen LogP contribution in [0, 0.1) is 11.7 Å². The summed E-state index contributed by atoms with van der Waals surface area (Å²) >= 11 is 0. The van der Waals surface area contributed by atoms with Gasteiger partial charge in [-0.1, -0.05) is 13.8 Å². The summed E-state index contributed by atoms with van der Waals surface area (Å²) in [6.45, 7) is 5.17. The third kappa shape index (κ3) is 4.73. The molecule has 0 saturated heterocycles. The van der Waals surface area contributed by atoms with Gasteiger partial charge in [-0.25, -0.2) is 17.5 Å². The van der Waals surface area contributed by atoms with Gasteiger partial charge in [-0.15, -0.1) is 0 Å². The van der Waals surface area contributed by atoms with Gasteiger partial charge in [0.2, 0.25) is 10.0 Å². The van der Waals surface area contributed by atoms with E-state index in [0.29, 0.717) is 6.42 Å². The first-order valence-corrected chi connectivity index (χ1v) is 7.79. The summed E-state index contributed by atoms with van der Waals surface area (Å²) in [5, 5.41) is 10.1. The van der Waals surface area contributed by atoms with Gasteiger partial charge in [-0.3, -0.25) is 0 Å². The Kier molecular flexibility index (Phi) is 5.12. The number of nitrogen functional groups attached to an aromatic ring is 1. The normalized spacial score (nSPS) is 15.3. The number of nitrogens with two attached hydrogens (primary N) is 1. The van der Waals surface area contributed by atoms with Crippen molar-refractivity contribution in [3.63, 3.8) is 0 Å². The Morgan fingerprint density at radius 1 is 1.45 bits per heavy atom. The van der Waals surface area contributed by atoms with Crippen LogP contribution in [0.4, 0.5) is 10.1 Å². The molecule has 0 aliphatic carbocycles. The van der Waals surface area contributed by atoms with E-state index in [-0.39, 0.29) is 18.2 Å². The van der Waals surface area contributed by atoms with Crippen molar-refractivity contribution in [2.24, 2.45) is 5.92 Å². The predicted molar refractivity (Wildman–Crippen MR) is 76.1 cm³/mol. The van der Waals surface area contributed by atoms with Gasteiger partial charge in [-0.05, 0) is 37.5 Å². The number of benzene rings is 1. The molecule has 1 unspecified atom stereocenters. The average molecular weight is 304 g/mol. The number of nitrogens with one attached hydrogen (secondary N) is 1. The second-order valence-corrected chi connectivity index (χ2v) is 7.34. The number of aliphatic hydroxyl groups is 1. The molecule has 7 heteroatoms. The second kappa shape index (κ2) is 6.07. The fraction of sp³-hybridized carbons (Fsp3) is 0.538. The molecule has 114 valence electrons. The minimum Gasteiger partial charge on any atom is -0.399 e. The van der Waals surface area contributed by atoms with Crippen LogP contribution in [0.2, 0.25) is 0 Å². The van der Waals surface area contributed by atoms with Crippen molar-refractivity contribution < 1.29 is 17.9 Å². The highest BCUT2D eigenvalue weighted by atomic mass is 32.2. The molecule has 0 amide bonds. The zero-order valence-electron chi connectivity index (χ0n) is 11.9. The van der Waals surface area contributed by atoms with E-state index in [9.17, 15) is 17.9 Å². The fourth-order valence-electron chi connectivity index (χ4n) is 2.01. The first-order chi connectivity index (χ1) is 9.03. The fourth-order valence-corrected chi connectivity index (χ4v) is 3.28. The molecular weight excluding hydrogens is 283 g/mol. The molecule has 1 aromatic carbocycles. The van der Waals surface area contributed by atoms with Crippen molar-refractivity contribution in [3.05, 3.63) is 24.0 Å². The number of rotatable bonds is 6. The molecule has 0 aliphatic rings. The molecule has 0 bridgehead atoms. The first-order valence-electron chi connectivity index (χ1n) is 6.30. The van der Waals surface area contributed by atoms with E-state index >= 15 is 0 Å². The Balaban J connectivity index is 2.88. The van der Waals surface area contributed by atoms with Crippen LogP contribution in [0.3, 0.4) is 0 Å². The summed E-state index contributed by atoms with van der Waals surface area (Å²) in [7, 11) is -4.05. The Labute approximate surface area is 119 Å².